The molecule has 0 aromatic carbocycles. The minimum Gasteiger partial charge on any atom is -0.481 e. The summed E-state index contributed by atoms with van der Waals surface area (Å²) in [7, 11) is 0. The van der Waals surface area contributed by atoms with Crippen LogP contribution >= 0.6 is 0 Å². The summed E-state index contributed by atoms with van der Waals surface area (Å²) in [6.45, 7) is 0.197. The number of rotatable bonds is 12. The van der Waals surface area contributed by atoms with E-state index in [1.54, 1.807) is 0 Å². The highest BCUT2D eigenvalue weighted by atomic mass is 16.4. The van der Waals surface area contributed by atoms with Crippen molar-refractivity contribution in [2.45, 2.75) is 56.3 Å². The number of H-pyrrole nitrogens is 2. The molecule has 1 saturated heterocycles. The fourth-order valence-corrected chi connectivity index (χ4v) is 3.96. The molecule has 4 atom stereocenters. The van der Waals surface area contributed by atoms with Gasteiger partial charge in [-0.1, -0.05) is 0 Å². The zero-order chi connectivity index (χ0) is 26.2. The highest BCUT2D eigenvalue weighted by Crippen LogP contribution is 2.19. The summed E-state index contributed by atoms with van der Waals surface area (Å²) in [6.07, 6.45) is 5.72. The lowest BCUT2D eigenvalue weighted by Gasteiger charge is -2.28. The van der Waals surface area contributed by atoms with Gasteiger partial charge in [0, 0.05) is 43.2 Å². The molecular weight excluding hydrogens is 476 g/mol. The molecule has 15 nitrogen and oxygen atoms in total. The molecule has 1 fully saturated rings. The van der Waals surface area contributed by atoms with E-state index >= 15 is 0 Å². The second-order valence-corrected chi connectivity index (χ2v) is 8.42. The third-order valence-electron chi connectivity index (χ3n) is 5.76. The molecule has 1 aliphatic heterocycles. The zero-order valence-electron chi connectivity index (χ0n) is 19.2. The van der Waals surface area contributed by atoms with Crippen LogP contribution in [-0.2, 0) is 36.8 Å². The Morgan fingerprint density at radius 2 is 1.61 bits per heavy atom. The Kier molecular flexibility index (Phi) is 8.72. The molecule has 0 radical (unpaired) electrons. The third-order valence-corrected chi connectivity index (χ3v) is 5.76. The predicted molar refractivity (Wildman–Crippen MR) is 121 cm³/mol. The number of nitrogens with one attached hydrogen (secondary N) is 4. The smallest absolute Gasteiger partial charge is 0.326 e. The average Bonchev–Trinajstić information content (AvgIpc) is 3.59. The van der Waals surface area contributed by atoms with Crippen LogP contribution in [0.4, 0.5) is 0 Å². The van der Waals surface area contributed by atoms with Crippen LogP contribution in [0.2, 0.25) is 0 Å². The summed E-state index contributed by atoms with van der Waals surface area (Å²) >= 11 is 0. The van der Waals surface area contributed by atoms with Crippen molar-refractivity contribution in [3.05, 3.63) is 36.4 Å². The van der Waals surface area contributed by atoms with Crippen LogP contribution in [0.25, 0.3) is 0 Å². The summed E-state index contributed by atoms with van der Waals surface area (Å²) in [6, 6.07) is -4.90. The Balaban J connectivity index is 1.74. The molecule has 36 heavy (non-hydrogen) atoms. The number of carboxylic acids is 2. The van der Waals surface area contributed by atoms with E-state index in [1.807, 2.05) is 0 Å². The van der Waals surface area contributed by atoms with Crippen molar-refractivity contribution in [2.24, 2.45) is 5.73 Å². The number of likely N-dealkylation sites (tertiary alicyclic amines) is 1. The maximum absolute atomic E-state index is 13.3. The van der Waals surface area contributed by atoms with Gasteiger partial charge in [-0.05, 0) is 12.8 Å². The Morgan fingerprint density at radius 3 is 2.17 bits per heavy atom. The molecule has 0 saturated carbocycles. The number of nitrogens with zero attached hydrogens (tertiary/aromatic N) is 3. The Hall–Kier alpha value is -4.27. The monoisotopic (exact) mass is 504 g/mol. The maximum Gasteiger partial charge on any atom is 0.326 e. The van der Waals surface area contributed by atoms with Gasteiger partial charge in [0.05, 0.1) is 25.1 Å². The summed E-state index contributed by atoms with van der Waals surface area (Å²) in [5.74, 6) is -4.86. The lowest BCUT2D eigenvalue weighted by atomic mass is 10.1. The number of aliphatic carboxylic acids is 2. The van der Waals surface area contributed by atoms with E-state index in [0.29, 0.717) is 17.8 Å². The summed E-state index contributed by atoms with van der Waals surface area (Å²) in [5, 5.41) is 23.5. The number of carbonyl (C=O) groups is 5. The number of aromatic amines is 2. The van der Waals surface area contributed by atoms with E-state index in [1.165, 1.54) is 29.9 Å². The lowest BCUT2D eigenvalue weighted by Crippen LogP contribution is -2.58. The van der Waals surface area contributed by atoms with Crippen molar-refractivity contribution in [3.63, 3.8) is 0 Å². The Bertz CT molecular complexity index is 1070. The number of nitrogens with two attached hydrogens (primary N) is 1. The van der Waals surface area contributed by atoms with Gasteiger partial charge < -0.3 is 41.4 Å². The molecule has 2 aromatic heterocycles. The summed E-state index contributed by atoms with van der Waals surface area (Å²) in [4.78, 5) is 76.4. The van der Waals surface area contributed by atoms with Gasteiger partial charge in [0.15, 0.2) is 0 Å². The van der Waals surface area contributed by atoms with Crippen molar-refractivity contribution in [1.29, 1.82) is 0 Å². The number of imidazole rings is 2. The van der Waals surface area contributed by atoms with Gasteiger partial charge in [-0.15, -0.1) is 0 Å². The van der Waals surface area contributed by atoms with Crippen molar-refractivity contribution in [2.75, 3.05) is 6.54 Å². The number of amides is 3. The largest absolute Gasteiger partial charge is 0.481 e. The maximum atomic E-state index is 13.3. The van der Waals surface area contributed by atoms with Crippen molar-refractivity contribution < 1.29 is 34.2 Å². The van der Waals surface area contributed by atoms with Crippen molar-refractivity contribution in [3.8, 4) is 0 Å². The topological polar surface area (TPSA) is 236 Å². The first kappa shape index (κ1) is 26.3. The molecule has 3 heterocycles. The van der Waals surface area contributed by atoms with Crippen LogP contribution in [-0.4, -0.2) is 95.4 Å². The predicted octanol–water partition coefficient (Wildman–Crippen LogP) is -2.23. The van der Waals surface area contributed by atoms with Crippen LogP contribution in [0.1, 0.15) is 30.7 Å². The first-order valence-electron chi connectivity index (χ1n) is 11.2. The van der Waals surface area contributed by atoms with Gasteiger partial charge in [0.2, 0.25) is 17.7 Å². The summed E-state index contributed by atoms with van der Waals surface area (Å²) < 4.78 is 0. The van der Waals surface area contributed by atoms with Crippen LogP contribution < -0.4 is 16.4 Å². The second kappa shape index (κ2) is 11.9. The molecule has 2 aromatic rings. The van der Waals surface area contributed by atoms with Gasteiger partial charge in [0.25, 0.3) is 0 Å². The molecule has 4 unspecified atom stereocenters. The highest BCUT2D eigenvalue weighted by Gasteiger charge is 2.39. The van der Waals surface area contributed by atoms with Gasteiger partial charge in [0.1, 0.15) is 18.1 Å². The average molecular weight is 505 g/mol. The SMILES string of the molecule is NC(Cc1cnc[nH]1)C(=O)NC(CC(=O)O)C(=O)NC(Cc1cnc[nH]1)C(=O)N1CCCC1C(=O)O. The fraction of sp³-hybridized carbons (Fsp3) is 0.476. The molecule has 3 rings (SSSR count). The first-order valence-corrected chi connectivity index (χ1v) is 11.2. The zero-order valence-corrected chi connectivity index (χ0v) is 19.2. The summed E-state index contributed by atoms with van der Waals surface area (Å²) in [5.41, 5.74) is 6.94. The van der Waals surface area contributed by atoms with Crippen LogP contribution in [0.5, 0.6) is 0 Å². The number of carboxylic acid groups (broad SMARTS) is 2. The molecule has 194 valence electrons. The molecule has 0 spiro atoms. The molecule has 3 amide bonds. The molecule has 8 N–H and O–H groups in total. The molecule has 1 aliphatic rings. The van der Waals surface area contributed by atoms with E-state index in [9.17, 15) is 34.2 Å². The van der Waals surface area contributed by atoms with Gasteiger partial charge in [-0.2, -0.15) is 0 Å². The minimum absolute atomic E-state index is 0.0551. The Morgan fingerprint density at radius 1 is 1.00 bits per heavy atom. The normalized spacial score (nSPS) is 17.7. The number of hydrogen-bond donors (Lipinski definition) is 7. The van der Waals surface area contributed by atoms with Crippen molar-refractivity contribution in [1.82, 2.24) is 35.5 Å². The first-order chi connectivity index (χ1) is 17.2. The van der Waals surface area contributed by atoms with Crippen LogP contribution in [0, 0.1) is 0 Å². The van der Waals surface area contributed by atoms with E-state index in [0.717, 1.165) is 0 Å². The minimum atomic E-state index is -1.53. The number of hydrogen-bond acceptors (Lipinski definition) is 8. The van der Waals surface area contributed by atoms with Crippen molar-refractivity contribution >= 4 is 29.7 Å². The van der Waals surface area contributed by atoms with E-state index in [4.69, 9.17) is 5.73 Å². The Labute approximate surface area is 204 Å². The number of carbonyl (C=O) groups excluding carboxylic acids is 3. The molecule has 15 heteroatoms. The molecule has 0 bridgehead atoms. The van der Waals surface area contributed by atoms with E-state index in [-0.39, 0.29) is 25.8 Å². The van der Waals surface area contributed by atoms with Gasteiger partial charge in [-0.25, -0.2) is 14.8 Å². The van der Waals surface area contributed by atoms with Crippen LogP contribution in [0.15, 0.2) is 25.0 Å². The van der Waals surface area contributed by atoms with Crippen LogP contribution in [0.3, 0.4) is 0 Å². The quantitative estimate of drug-likeness (QED) is 0.164. The lowest BCUT2D eigenvalue weighted by molar-refractivity contribution is -0.149. The second-order valence-electron chi connectivity index (χ2n) is 8.42. The standard InChI is InChI=1S/C21H28N8O7/c22-13(4-11-7-23-9-25-11)18(32)27-14(6-17(30)31)19(33)28-15(5-12-8-24-10-26-12)20(34)29-3-1-2-16(29)21(35)36/h7-10,13-16H,1-6,22H2,(H,23,25)(H,24,26)(H,27,32)(H,28,33)(H,30,31)(H,35,36). The fourth-order valence-electron chi connectivity index (χ4n) is 3.96. The third kappa shape index (κ3) is 6.88. The highest BCUT2D eigenvalue weighted by molar-refractivity contribution is 5.96. The van der Waals surface area contributed by atoms with Gasteiger partial charge in [-0.3, -0.25) is 19.2 Å². The molecule has 0 aliphatic carbocycles. The number of aromatic nitrogens is 4. The van der Waals surface area contributed by atoms with E-state index in [2.05, 4.69) is 30.6 Å². The molecular formula is C21H28N8O7. The van der Waals surface area contributed by atoms with Gasteiger partial charge >= 0.3 is 11.9 Å². The van der Waals surface area contributed by atoms with E-state index < -0.39 is 60.2 Å².